The van der Waals surface area contributed by atoms with Gasteiger partial charge in [0.15, 0.2) is 0 Å². The van der Waals surface area contributed by atoms with E-state index in [0.29, 0.717) is 0 Å². The van der Waals surface area contributed by atoms with Gasteiger partial charge in [-0.3, -0.25) is 4.79 Å². The Kier molecular flexibility index (Phi) is 5.00. The lowest BCUT2D eigenvalue weighted by Gasteiger charge is -2.11. The van der Waals surface area contributed by atoms with E-state index in [1.54, 1.807) is 0 Å². The Labute approximate surface area is 157 Å². The number of nitrogens with one attached hydrogen (secondary N) is 1. The van der Waals surface area contributed by atoms with Crippen molar-refractivity contribution in [2.24, 2.45) is 0 Å². The first-order chi connectivity index (χ1) is 12.0. The van der Waals surface area contributed by atoms with Gasteiger partial charge in [-0.25, -0.2) is 0 Å². The van der Waals surface area contributed by atoms with Crippen LogP contribution < -0.4 is 5.32 Å². The molecule has 0 saturated heterocycles. The first kappa shape index (κ1) is 17.7. The molecule has 0 bridgehead atoms. The highest BCUT2D eigenvalue weighted by Crippen LogP contribution is 2.28. The number of benzene rings is 2. The number of rotatable bonds is 4. The van der Waals surface area contributed by atoms with Crippen LogP contribution >= 0.6 is 15.9 Å². The molecular weight excluding hydrogens is 376 g/mol. The van der Waals surface area contributed by atoms with E-state index in [9.17, 15) is 4.79 Å². The molecule has 0 spiro atoms. The molecule has 0 atom stereocenters. The van der Waals surface area contributed by atoms with Crippen LogP contribution in [0.25, 0.3) is 10.9 Å². The minimum Gasteiger partial charge on any atom is -0.337 e. The second-order valence-electron chi connectivity index (χ2n) is 6.34. The van der Waals surface area contributed by atoms with Crippen LogP contribution in [0.1, 0.15) is 41.0 Å². The number of carbonyl (C=O) groups is 1. The zero-order chi connectivity index (χ0) is 18.1. The van der Waals surface area contributed by atoms with Crippen LogP contribution in [0.15, 0.2) is 40.9 Å². The standard InChI is InChI=1S/C21H23BrN2O/c1-5-15-8-10-19-17(11-15)14(4)20(24(19)6-2)21(25)23-16-9-7-13(3)18(22)12-16/h7-12H,5-6H2,1-4H3,(H,23,25). The Morgan fingerprint density at radius 3 is 2.52 bits per heavy atom. The predicted octanol–water partition coefficient (Wildman–Crippen LogP) is 5.86. The number of anilines is 1. The van der Waals surface area contributed by atoms with Crippen LogP contribution in [0.3, 0.4) is 0 Å². The van der Waals surface area contributed by atoms with Crippen LogP contribution in [-0.2, 0) is 13.0 Å². The van der Waals surface area contributed by atoms with E-state index in [-0.39, 0.29) is 5.91 Å². The number of aryl methyl sites for hydroxylation is 4. The third-order valence-electron chi connectivity index (χ3n) is 4.75. The molecule has 0 saturated carbocycles. The molecule has 1 aromatic heterocycles. The van der Waals surface area contributed by atoms with Gasteiger partial charge in [-0.2, -0.15) is 0 Å². The van der Waals surface area contributed by atoms with Gasteiger partial charge in [-0.1, -0.05) is 35.0 Å². The van der Waals surface area contributed by atoms with E-state index in [4.69, 9.17) is 0 Å². The number of hydrogen-bond acceptors (Lipinski definition) is 1. The minimum atomic E-state index is -0.0654. The van der Waals surface area contributed by atoms with Gasteiger partial charge in [0.25, 0.3) is 5.91 Å². The molecule has 0 fully saturated rings. The maximum Gasteiger partial charge on any atom is 0.272 e. The second kappa shape index (κ2) is 7.04. The van der Waals surface area contributed by atoms with Crippen molar-refractivity contribution >= 4 is 38.4 Å². The SMILES string of the molecule is CCc1ccc2c(c1)c(C)c(C(=O)Nc1ccc(C)c(Br)c1)n2CC. The van der Waals surface area contributed by atoms with E-state index in [1.165, 1.54) is 5.56 Å². The molecule has 1 N–H and O–H groups in total. The molecular formula is C21H23BrN2O. The maximum absolute atomic E-state index is 13.0. The Hall–Kier alpha value is -2.07. The summed E-state index contributed by atoms with van der Waals surface area (Å²) >= 11 is 3.52. The van der Waals surface area contributed by atoms with E-state index in [0.717, 1.165) is 50.8 Å². The van der Waals surface area contributed by atoms with Crippen molar-refractivity contribution < 1.29 is 4.79 Å². The molecule has 3 nitrogen and oxygen atoms in total. The number of carbonyl (C=O) groups excluding carboxylic acids is 1. The Morgan fingerprint density at radius 2 is 1.88 bits per heavy atom. The lowest BCUT2D eigenvalue weighted by Crippen LogP contribution is -2.17. The molecule has 3 aromatic rings. The first-order valence-electron chi connectivity index (χ1n) is 8.65. The molecule has 0 unspecified atom stereocenters. The van der Waals surface area contributed by atoms with Gasteiger partial charge >= 0.3 is 0 Å². The third kappa shape index (κ3) is 3.23. The summed E-state index contributed by atoms with van der Waals surface area (Å²) in [6, 6.07) is 12.3. The van der Waals surface area contributed by atoms with Crippen LogP contribution in [0.2, 0.25) is 0 Å². The van der Waals surface area contributed by atoms with Crippen LogP contribution in [0, 0.1) is 13.8 Å². The van der Waals surface area contributed by atoms with Gasteiger partial charge in [-0.15, -0.1) is 0 Å². The molecule has 0 radical (unpaired) electrons. The fourth-order valence-electron chi connectivity index (χ4n) is 3.27. The van der Waals surface area contributed by atoms with Gasteiger partial charge in [0.1, 0.15) is 5.69 Å². The van der Waals surface area contributed by atoms with E-state index in [2.05, 4.69) is 57.9 Å². The highest BCUT2D eigenvalue weighted by atomic mass is 79.9. The van der Waals surface area contributed by atoms with E-state index >= 15 is 0 Å². The molecule has 3 rings (SSSR count). The number of nitrogens with zero attached hydrogens (tertiary/aromatic N) is 1. The molecule has 1 heterocycles. The lowest BCUT2D eigenvalue weighted by atomic mass is 10.1. The summed E-state index contributed by atoms with van der Waals surface area (Å²) in [5.41, 5.74) is 6.12. The number of amides is 1. The third-order valence-corrected chi connectivity index (χ3v) is 5.60. The summed E-state index contributed by atoms with van der Waals surface area (Å²) in [4.78, 5) is 13.0. The van der Waals surface area contributed by atoms with Gasteiger partial charge in [-0.05, 0) is 68.1 Å². The Morgan fingerprint density at radius 1 is 1.12 bits per heavy atom. The predicted molar refractivity (Wildman–Crippen MR) is 109 cm³/mol. The maximum atomic E-state index is 13.0. The zero-order valence-corrected chi connectivity index (χ0v) is 16.7. The summed E-state index contributed by atoms with van der Waals surface area (Å²) in [6.07, 6.45) is 0.992. The summed E-state index contributed by atoms with van der Waals surface area (Å²) in [7, 11) is 0. The minimum absolute atomic E-state index is 0.0654. The topological polar surface area (TPSA) is 34.0 Å². The molecule has 0 aliphatic carbocycles. The van der Waals surface area contributed by atoms with Crippen LogP contribution in [-0.4, -0.2) is 10.5 Å². The lowest BCUT2D eigenvalue weighted by molar-refractivity contribution is 0.101. The molecule has 2 aromatic carbocycles. The Bertz CT molecular complexity index is 956. The van der Waals surface area contributed by atoms with Crippen molar-refractivity contribution in [3.05, 3.63) is 63.3 Å². The summed E-state index contributed by atoms with van der Waals surface area (Å²) in [5, 5.41) is 4.20. The monoisotopic (exact) mass is 398 g/mol. The molecule has 1 amide bonds. The summed E-state index contributed by atoms with van der Waals surface area (Å²) in [6.45, 7) is 9.05. The van der Waals surface area contributed by atoms with Crippen molar-refractivity contribution in [1.29, 1.82) is 0 Å². The first-order valence-corrected chi connectivity index (χ1v) is 9.44. The highest BCUT2D eigenvalue weighted by molar-refractivity contribution is 9.10. The zero-order valence-electron chi connectivity index (χ0n) is 15.1. The fraction of sp³-hybridized carbons (Fsp3) is 0.286. The van der Waals surface area contributed by atoms with Crippen LogP contribution in [0.4, 0.5) is 5.69 Å². The molecule has 0 aliphatic heterocycles. The van der Waals surface area contributed by atoms with E-state index < -0.39 is 0 Å². The van der Waals surface area contributed by atoms with Gasteiger partial charge in [0, 0.05) is 27.6 Å². The van der Waals surface area contributed by atoms with Gasteiger partial charge < -0.3 is 9.88 Å². The Balaban J connectivity index is 2.05. The number of fused-ring (bicyclic) bond motifs is 1. The molecule has 25 heavy (non-hydrogen) atoms. The van der Waals surface area contributed by atoms with Gasteiger partial charge in [0.2, 0.25) is 0 Å². The van der Waals surface area contributed by atoms with Crippen molar-refractivity contribution in [2.45, 2.75) is 40.7 Å². The highest BCUT2D eigenvalue weighted by Gasteiger charge is 2.20. The number of halogens is 1. The summed E-state index contributed by atoms with van der Waals surface area (Å²) in [5.74, 6) is -0.0654. The normalized spacial score (nSPS) is 11.1. The quantitative estimate of drug-likeness (QED) is 0.586. The van der Waals surface area contributed by atoms with Gasteiger partial charge in [0.05, 0.1) is 0 Å². The molecule has 4 heteroatoms. The average molecular weight is 399 g/mol. The fourth-order valence-corrected chi connectivity index (χ4v) is 3.65. The average Bonchev–Trinajstić information content (AvgIpc) is 2.89. The second-order valence-corrected chi connectivity index (χ2v) is 7.20. The summed E-state index contributed by atoms with van der Waals surface area (Å²) < 4.78 is 3.09. The largest absolute Gasteiger partial charge is 0.337 e. The number of aromatic nitrogens is 1. The van der Waals surface area contributed by atoms with Crippen molar-refractivity contribution in [3.63, 3.8) is 0 Å². The van der Waals surface area contributed by atoms with Crippen molar-refractivity contribution in [1.82, 2.24) is 4.57 Å². The van der Waals surface area contributed by atoms with Crippen molar-refractivity contribution in [2.75, 3.05) is 5.32 Å². The van der Waals surface area contributed by atoms with E-state index in [1.807, 2.05) is 32.0 Å². The van der Waals surface area contributed by atoms with Crippen LogP contribution in [0.5, 0.6) is 0 Å². The number of hydrogen-bond donors (Lipinski definition) is 1. The molecule has 0 aliphatic rings. The molecule has 130 valence electrons. The smallest absolute Gasteiger partial charge is 0.272 e. The van der Waals surface area contributed by atoms with Crippen molar-refractivity contribution in [3.8, 4) is 0 Å².